The van der Waals surface area contributed by atoms with Gasteiger partial charge in [-0.3, -0.25) is 14.4 Å². The molecule has 0 saturated carbocycles. The molecule has 0 aromatic heterocycles. The Kier molecular flexibility index (Phi) is 45.3. The Morgan fingerprint density at radius 2 is 0.614 bits per heavy atom. The maximum absolute atomic E-state index is 12.7. The standard InChI is InChI=1S/C51H96O6/c1-4-7-10-13-16-19-22-24-25-26-28-29-32-35-38-41-44-50(53)56-47-48(46-55-49(52)43-40-37-34-31-21-18-15-12-9-6-3)57-51(54)45-42-39-36-33-30-27-23-20-17-14-11-8-5-2/h12,15,48H,4-11,13-14,16-47H2,1-3H3/b15-12-. The summed E-state index contributed by atoms with van der Waals surface area (Å²) in [5, 5.41) is 0. The van der Waals surface area contributed by atoms with E-state index in [1.165, 1.54) is 167 Å². The molecule has 0 bridgehead atoms. The first-order valence-corrected chi connectivity index (χ1v) is 25.2. The molecule has 1 unspecified atom stereocenters. The van der Waals surface area contributed by atoms with Crippen LogP contribution in [0.1, 0.15) is 278 Å². The minimum absolute atomic E-state index is 0.0674. The van der Waals surface area contributed by atoms with Crippen LogP contribution in [-0.4, -0.2) is 37.2 Å². The van der Waals surface area contributed by atoms with Crippen molar-refractivity contribution in [2.24, 2.45) is 0 Å². The predicted octanol–water partition coefficient (Wildman–Crippen LogP) is 16.2. The molecule has 0 aromatic rings. The topological polar surface area (TPSA) is 78.9 Å². The van der Waals surface area contributed by atoms with Crippen LogP contribution >= 0.6 is 0 Å². The summed E-state index contributed by atoms with van der Waals surface area (Å²) in [6, 6.07) is 0. The largest absolute Gasteiger partial charge is 0.462 e. The summed E-state index contributed by atoms with van der Waals surface area (Å²) in [5.41, 5.74) is 0. The van der Waals surface area contributed by atoms with Gasteiger partial charge >= 0.3 is 17.9 Å². The van der Waals surface area contributed by atoms with Gasteiger partial charge in [0.1, 0.15) is 13.2 Å². The average molecular weight is 805 g/mol. The molecule has 0 aromatic carbocycles. The number of unbranched alkanes of at least 4 members (excludes halogenated alkanes) is 33. The Labute approximate surface area is 354 Å². The van der Waals surface area contributed by atoms with E-state index in [1.807, 2.05) is 0 Å². The summed E-state index contributed by atoms with van der Waals surface area (Å²) in [5.74, 6) is -0.864. The second-order valence-electron chi connectivity index (χ2n) is 17.1. The average Bonchev–Trinajstić information content (AvgIpc) is 3.21. The zero-order chi connectivity index (χ0) is 41.5. The van der Waals surface area contributed by atoms with E-state index in [9.17, 15) is 14.4 Å². The van der Waals surface area contributed by atoms with Crippen molar-refractivity contribution in [1.82, 2.24) is 0 Å². The third-order valence-corrected chi connectivity index (χ3v) is 11.3. The zero-order valence-electron chi connectivity index (χ0n) is 38.4. The van der Waals surface area contributed by atoms with Gasteiger partial charge in [-0.2, -0.15) is 0 Å². The van der Waals surface area contributed by atoms with Gasteiger partial charge < -0.3 is 14.2 Å². The van der Waals surface area contributed by atoms with E-state index < -0.39 is 6.10 Å². The number of ether oxygens (including phenoxy) is 3. The molecule has 0 aliphatic carbocycles. The second kappa shape index (κ2) is 46.8. The summed E-state index contributed by atoms with van der Waals surface area (Å²) in [4.78, 5) is 37.8. The van der Waals surface area contributed by atoms with Crippen molar-refractivity contribution in [3.63, 3.8) is 0 Å². The Hall–Kier alpha value is -1.85. The van der Waals surface area contributed by atoms with Gasteiger partial charge in [0.25, 0.3) is 0 Å². The van der Waals surface area contributed by atoms with Crippen molar-refractivity contribution in [3.05, 3.63) is 12.2 Å². The lowest BCUT2D eigenvalue weighted by Gasteiger charge is -2.18. The lowest BCUT2D eigenvalue weighted by molar-refractivity contribution is -0.167. The fourth-order valence-corrected chi connectivity index (χ4v) is 7.45. The normalized spacial score (nSPS) is 12.0. The molecule has 0 fully saturated rings. The quantitative estimate of drug-likeness (QED) is 0.0264. The molecule has 0 aliphatic rings. The maximum Gasteiger partial charge on any atom is 0.306 e. The fraction of sp³-hybridized carbons (Fsp3) is 0.902. The molecular weight excluding hydrogens is 709 g/mol. The Morgan fingerprint density at radius 3 is 0.947 bits per heavy atom. The number of hydrogen-bond acceptors (Lipinski definition) is 6. The van der Waals surface area contributed by atoms with Crippen LogP contribution in [0.4, 0.5) is 0 Å². The van der Waals surface area contributed by atoms with Gasteiger partial charge in [-0.1, -0.05) is 232 Å². The molecule has 0 spiro atoms. The third-order valence-electron chi connectivity index (χ3n) is 11.3. The summed E-state index contributed by atoms with van der Waals surface area (Å²) in [6.07, 6.45) is 50.5. The Balaban J connectivity index is 4.29. The molecule has 0 heterocycles. The SMILES string of the molecule is CCC/C=C\CCCCCCCC(=O)OCC(COC(=O)CCCCCCCCCCCCCCCCCC)OC(=O)CCCCCCCCCCCCCCC. The van der Waals surface area contributed by atoms with Crippen LogP contribution in [0.2, 0.25) is 0 Å². The highest BCUT2D eigenvalue weighted by atomic mass is 16.6. The molecule has 57 heavy (non-hydrogen) atoms. The minimum atomic E-state index is -0.765. The van der Waals surface area contributed by atoms with Gasteiger partial charge in [-0.15, -0.1) is 0 Å². The smallest absolute Gasteiger partial charge is 0.306 e. The van der Waals surface area contributed by atoms with Crippen LogP contribution in [0, 0.1) is 0 Å². The summed E-state index contributed by atoms with van der Waals surface area (Å²) in [7, 11) is 0. The highest BCUT2D eigenvalue weighted by Crippen LogP contribution is 2.16. The predicted molar refractivity (Wildman–Crippen MR) is 243 cm³/mol. The molecule has 0 N–H and O–H groups in total. The van der Waals surface area contributed by atoms with Crippen LogP contribution in [0.25, 0.3) is 0 Å². The lowest BCUT2D eigenvalue weighted by Crippen LogP contribution is -2.30. The maximum atomic E-state index is 12.7. The van der Waals surface area contributed by atoms with Gasteiger partial charge in [-0.05, 0) is 38.5 Å². The monoisotopic (exact) mass is 805 g/mol. The fourth-order valence-electron chi connectivity index (χ4n) is 7.45. The third kappa shape index (κ3) is 45.1. The van der Waals surface area contributed by atoms with E-state index in [0.717, 1.165) is 70.6 Å². The van der Waals surface area contributed by atoms with E-state index in [-0.39, 0.29) is 31.1 Å². The number of esters is 3. The Bertz CT molecular complexity index is 885. The van der Waals surface area contributed by atoms with Crippen LogP contribution in [0.15, 0.2) is 12.2 Å². The molecule has 0 aliphatic heterocycles. The van der Waals surface area contributed by atoms with Crippen molar-refractivity contribution in [2.75, 3.05) is 13.2 Å². The zero-order valence-corrected chi connectivity index (χ0v) is 38.4. The summed E-state index contributed by atoms with van der Waals surface area (Å²) in [6.45, 7) is 6.60. The van der Waals surface area contributed by atoms with Gasteiger partial charge in [0.2, 0.25) is 0 Å². The summed E-state index contributed by atoms with van der Waals surface area (Å²) >= 11 is 0. The molecular formula is C51H96O6. The van der Waals surface area contributed by atoms with Crippen molar-refractivity contribution in [2.45, 2.75) is 284 Å². The molecule has 0 saturated heterocycles. The minimum Gasteiger partial charge on any atom is -0.462 e. The molecule has 0 rings (SSSR count). The molecule has 6 nitrogen and oxygen atoms in total. The Morgan fingerprint density at radius 1 is 0.333 bits per heavy atom. The second-order valence-corrected chi connectivity index (χ2v) is 17.1. The van der Waals surface area contributed by atoms with Crippen molar-refractivity contribution in [1.29, 1.82) is 0 Å². The van der Waals surface area contributed by atoms with E-state index in [1.54, 1.807) is 0 Å². The van der Waals surface area contributed by atoms with Gasteiger partial charge in [0.05, 0.1) is 0 Å². The number of carbonyl (C=O) groups is 3. The van der Waals surface area contributed by atoms with Crippen LogP contribution in [0.3, 0.4) is 0 Å². The van der Waals surface area contributed by atoms with Crippen molar-refractivity contribution in [3.8, 4) is 0 Å². The number of hydrogen-bond donors (Lipinski definition) is 0. The molecule has 336 valence electrons. The van der Waals surface area contributed by atoms with E-state index in [4.69, 9.17) is 14.2 Å². The summed E-state index contributed by atoms with van der Waals surface area (Å²) < 4.78 is 16.8. The molecule has 0 radical (unpaired) electrons. The van der Waals surface area contributed by atoms with E-state index in [2.05, 4.69) is 32.9 Å². The molecule has 6 heteroatoms. The van der Waals surface area contributed by atoms with Gasteiger partial charge in [0, 0.05) is 19.3 Å². The number of rotatable bonds is 46. The van der Waals surface area contributed by atoms with Crippen LogP contribution in [-0.2, 0) is 28.6 Å². The van der Waals surface area contributed by atoms with Crippen molar-refractivity contribution >= 4 is 17.9 Å². The first-order chi connectivity index (χ1) is 28.0. The van der Waals surface area contributed by atoms with E-state index >= 15 is 0 Å². The van der Waals surface area contributed by atoms with Gasteiger partial charge in [-0.25, -0.2) is 0 Å². The lowest BCUT2D eigenvalue weighted by atomic mass is 10.0. The molecule has 0 amide bonds. The highest BCUT2D eigenvalue weighted by molar-refractivity contribution is 5.71. The molecule has 1 atom stereocenters. The first-order valence-electron chi connectivity index (χ1n) is 25.2. The van der Waals surface area contributed by atoms with Gasteiger partial charge in [0.15, 0.2) is 6.10 Å². The van der Waals surface area contributed by atoms with Crippen molar-refractivity contribution < 1.29 is 28.6 Å². The number of carbonyl (C=O) groups excluding carboxylic acids is 3. The number of allylic oxidation sites excluding steroid dienone is 2. The first kappa shape index (κ1) is 55.2. The van der Waals surface area contributed by atoms with E-state index in [0.29, 0.717) is 19.3 Å². The van der Waals surface area contributed by atoms with Crippen LogP contribution in [0.5, 0.6) is 0 Å². The van der Waals surface area contributed by atoms with Crippen LogP contribution < -0.4 is 0 Å². The highest BCUT2D eigenvalue weighted by Gasteiger charge is 2.19.